The molecular weight excluding hydrogens is 311 g/mol. The quantitative estimate of drug-likeness (QED) is 0.662. The zero-order valence-corrected chi connectivity index (χ0v) is 14.4. The Morgan fingerprint density at radius 2 is 1.68 bits per heavy atom. The van der Waals surface area contributed by atoms with Crippen molar-refractivity contribution in [2.75, 3.05) is 7.11 Å². The predicted molar refractivity (Wildman–Crippen MR) is 82.3 cm³/mol. The third-order valence-electron chi connectivity index (χ3n) is 2.05. The molecule has 0 unspecified atom stereocenters. The van der Waals surface area contributed by atoms with E-state index in [9.17, 15) is 9.18 Å². The van der Waals surface area contributed by atoms with Crippen LogP contribution in [0.2, 0.25) is 0 Å². The molecular formula is C15H24BrFO2. The molecule has 1 aromatic carbocycles. The van der Waals surface area contributed by atoms with Gasteiger partial charge in [0.25, 0.3) is 0 Å². The third-order valence-corrected chi connectivity index (χ3v) is 2.66. The number of methoxy groups -OCH3 is 1. The number of halogens is 2. The van der Waals surface area contributed by atoms with E-state index >= 15 is 0 Å². The summed E-state index contributed by atoms with van der Waals surface area (Å²) < 4.78 is 18.1. The van der Waals surface area contributed by atoms with Crippen molar-refractivity contribution in [2.45, 2.75) is 47.1 Å². The van der Waals surface area contributed by atoms with E-state index in [0.717, 1.165) is 5.56 Å². The minimum Gasteiger partial charge on any atom is -0.379 e. The van der Waals surface area contributed by atoms with Gasteiger partial charge in [0.2, 0.25) is 0 Å². The van der Waals surface area contributed by atoms with Crippen LogP contribution in [-0.4, -0.2) is 19.0 Å². The maximum Gasteiger partial charge on any atom is 0.150 e. The number of carbonyl (C=O) groups is 1. The minimum atomic E-state index is -0.405. The fraction of sp³-hybridized carbons (Fsp3) is 0.533. The van der Waals surface area contributed by atoms with Gasteiger partial charge in [0.1, 0.15) is 12.1 Å². The third kappa shape index (κ3) is 9.79. The van der Waals surface area contributed by atoms with Crippen LogP contribution in [0.25, 0.3) is 0 Å². The molecule has 0 heterocycles. The van der Waals surface area contributed by atoms with Crippen LogP contribution in [0.15, 0.2) is 16.6 Å². The molecule has 0 atom stereocenters. The Labute approximate surface area is 124 Å². The summed E-state index contributed by atoms with van der Waals surface area (Å²) in [4.78, 5) is 10.3. The van der Waals surface area contributed by atoms with Gasteiger partial charge in [0.15, 0.2) is 0 Å². The van der Waals surface area contributed by atoms with Gasteiger partial charge in [-0.25, -0.2) is 4.39 Å². The molecule has 1 aromatic rings. The maximum absolute atomic E-state index is 12.7. The normalized spacial score (nSPS) is 9.74. The second kappa shape index (κ2) is 10.1. The molecule has 0 radical (unpaired) electrons. The molecule has 4 heteroatoms. The summed E-state index contributed by atoms with van der Waals surface area (Å²) in [5, 5.41) is 0. The molecule has 0 aliphatic rings. The smallest absolute Gasteiger partial charge is 0.150 e. The highest BCUT2D eigenvalue weighted by Crippen LogP contribution is 2.18. The maximum atomic E-state index is 12.7. The summed E-state index contributed by atoms with van der Waals surface area (Å²) in [6.45, 7) is 11.8. The van der Waals surface area contributed by atoms with Gasteiger partial charge < -0.3 is 4.74 Å². The zero-order chi connectivity index (χ0) is 15.6. The first-order valence-corrected chi connectivity index (χ1v) is 6.96. The molecule has 0 fully saturated rings. The minimum absolute atomic E-state index is 0.0417. The molecule has 0 aliphatic heterocycles. The van der Waals surface area contributed by atoms with Gasteiger partial charge in [-0.2, -0.15) is 0 Å². The SMILES string of the molecule is CC.COC(C)(C)C.Cc1cc(Br)c(F)cc1C=O. The van der Waals surface area contributed by atoms with Crippen LogP contribution in [0.3, 0.4) is 0 Å². The average molecular weight is 335 g/mol. The van der Waals surface area contributed by atoms with Crippen molar-refractivity contribution >= 4 is 22.2 Å². The van der Waals surface area contributed by atoms with E-state index in [4.69, 9.17) is 4.74 Å². The average Bonchev–Trinajstić information content (AvgIpc) is 2.36. The van der Waals surface area contributed by atoms with Gasteiger partial charge in [-0.1, -0.05) is 13.8 Å². The number of benzene rings is 1. The first kappa shape index (κ1) is 20.6. The molecule has 0 spiro atoms. The van der Waals surface area contributed by atoms with Gasteiger partial charge in [-0.15, -0.1) is 0 Å². The Balaban J connectivity index is 0. The summed E-state index contributed by atoms with van der Waals surface area (Å²) in [6.07, 6.45) is 0.644. The lowest BCUT2D eigenvalue weighted by Crippen LogP contribution is -2.15. The Morgan fingerprint density at radius 1 is 1.26 bits per heavy atom. The van der Waals surface area contributed by atoms with Crippen LogP contribution >= 0.6 is 15.9 Å². The highest BCUT2D eigenvalue weighted by Gasteiger charge is 2.04. The van der Waals surface area contributed by atoms with Crippen molar-refractivity contribution in [1.29, 1.82) is 0 Å². The number of aryl methyl sites for hydroxylation is 1. The second-order valence-electron chi connectivity index (χ2n) is 4.56. The molecule has 0 amide bonds. The van der Waals surface area contributed by atoms with Crippen LogP contribution < -0.4 is 0 Å². The van der Waals surface area contributed by atoms with Gasteiger partial charge in [0.05, 0.1) is 10.1 Å². The first-order chi connectivity index (χ1) is 8.71. The van der Waals surface area contributed by atoms with Crippen molar-refractivity contribution in [2.24, 2.45) is 0 Å². The summed E-state index contributed by atoms with van der Waals surface area (Å²) in [7, 11) is 1.71. The topological polar surface area (TPSA) is 26.3 Å². The van der Waals surface area contributed by atoms with Crippen LogP contribution in [0, 0.1) is 12.7 Å². The van der Waals surface area contributed by atoms with Crippen LogP contribution in [0.1, 0.15) is 50.5 Å². The molecule has 110 valence electrons. The summed E-state index contributed by atoms with van der Waals surface area (Å²) in [5.41, 5.74) is 1.21. The highest BCUT2D eigenvalue weighted by molar-refractivity contribution is 9.10. The van der Waals surface area contributed by atoms with E-state index in [1.165, 1.54) is 6.07 Å². The second-order valence-corrected chi connectivity index (χ2v) is 5.41. The van der Waals surface area contributed by atoms with Crippen molar-refractivity contribution in [3.05, 3.63) is 33.5 Å². The van der Waals surface area contributed by atoms with Gasteiger partial charge in [0, 0.05) is 12.7 Å². The number of carbonyl (C=O) groups excluding carboxylic acids is 1. The molecule has 0 N–H and O–H groups in total. The molecule has 0 aromatic heterocycles. The summed E-state index contributed by atoms with van der Waals surface area (Å²) in [6, 6.07) is 2.80. The van der Waals surface area contributed by atoms with Gasteiger partial charge >= 0.3 is 0 Å². The summed E-state index contributed by atoms with van der Waals surface area (Å²) in [5.74, 6) is -0.405. The standard InChI is InChI=1S/C8H6BrFO.C5H12O.C2H6/c1-5-2-7(9)8(10)3-6(5)4-11;1-5(2,3)6-4;1-2/h2-4H,1H3;1-4H3;1-2H3. The van der Waals surface area contributed by atoms with Crippen molar-refractivity contribution < 1.29 is 13.9 Å². The highest BCUT2D eigenvalue weighted by atomic mass is 79.9. The molecule has 2 nitrogen and oxygen atoms in total. The van der Waals surface area contributed by atoms with Crippen molar-refractivity contribution in [1.82, 2.24) is 0 Å². The van der Waals surface area contributed by atoms with E-state index in [2.05, 4.69) is 15.9 Å². The van der Waals surface area contributed by atoms with Crippen LogP contribution in [0.5, 0.6) is 0 Å². The molecule has 1 rings (SSSR count). The molecule has 0 saturated heterocycles. The molecule has 0 saturated carbocycles. The number of hydrogen-bond donors (Lipinski definition) is 0. The van der Waals surface area contributed by atoms with Crippen molar-refractivity contribution in [3.63, 3.8) is 0 Å². The lowest BCUT2D eigenvalue weighted by Gasteiger charge is -2.14. The number of hydrogen-bond acceptors (Lipinski definition) is 2. The Bertz CT molecular complexity index is 384. The Kier molecular flexibility index (Phi) is 10.9. The molecule has 19 heavy (non-hydrogen) atoms. The Morgan fingerprint density at radius 3 is 2.00 bits per heavy atom. The fourth-order valence-electron chi connectivity index (χ4n) is 0.789. The van der Waals surface area contributed by atoms with Crippen molar-refractivity contribution in [3.8, 4) is 0 Å². The lowest BCUT2D eigenvalue weighted by molar-refractivity contribution is 0.0397. The van der Waals surface area contributed by atoms with Crippen LogP contribution in [0.4, 0.5) is 4.39 Å². The number of rotatable bonds is 1. The first-order valence-electron chi connectivity index (χ1n) is 6.17. The van der Waals surface area contributed by atoms with E-state index in [1.54, 1.807) is 20.1 Å². The Hall–Kier alpha value is -0.740. The monoisotopic (exact) mass is 334 g/mol. The van der Waals surface area contributed by atoms with Gasteiger partial charge in [-0.3, -0.25) is 4.79 Å². The zero-order valence-electron chi connectivity index (χ0n) is 12.8. The number of aldehydes is 1. The molecule has 0 bridgehead atoms. The fourth-order valence-corrected chi connectivity index (χ4v) is 1.25. The van der Waals surface area contributed by atoms with E-state index in [-0.39, 0.29) is 5.60 Å². The van der Waals surface area contributed by atoms with E-state index < -0.39 is 5.82 Å². The van der Waals surface area contributed by atoms with Gasteiger partial charge in [-0.05, 0) is 61.3 Å². The number of ether oxygens (including phenoxy) is 1. The molecule has 0 aliphatic carbocycles. The predicted octanol–water partition coefficient (Wildman–Crippen LogP) is 5.17. The lowest BCUT2D eigenvalue weighted by atomic mass is 10.1. The largest absolute Gasteiger partial charge is 0.379 e. The van der Waals surface area contributed by atoms with E-state index in [1.807, 2.05) is 34.6 Å². The van der Waals surface area contributed by atoms with E-state index in [0.29, 0.717) is 16.3 Å². The van der Waals surface area contributed by atoms with Crippen LogP contribution in [-0.2, 0) is 4.74 Å². The summed E-state index contributed by atoms with van der Waals surface area (Å²) >= 11 is 3.02.